The molecule has 0 amide bonds. The second kappa shape index (κ2) is 10.1. The fourth-order valence-electron chi connectivity index (χ4n) is 3.86. The largest absolute Gasteiger partial charge is 0.458 e. The smallest absolute Gasteiger partial charge is 0.348 e. The summed E-state index contributed by atoms with van der Waals surface area (Å²) < 4.78 is 11.2. The Kier molecular flexibility index (Phi) is 6.84. The summed E-state index contributed by atoms with van der Waals surface area (Å²) in [5.74, 6) is -1.10. The maximum Gasteiger partial charge on any atom is 0.348 e. The van der Waals surface area contributed by atoms with Gasteiger partial charge in [-0.2, -0.15) is 0 Å². The van der Waals surface area contributed by atoms with Gasteiger partial charge in [0.2, 0.25) is 6.10 Å². The molecule has 0 unspecified atom stereocenters. The van der Waals surface area contributed by atoms with Gasteiger partial charge in [0, 0.05) is 6.42 Å². The number of rotatable bonds is 7. The van der Waals surface area contributed by atoms with Crippen LogP contribution in [0.15, 0.2) is 91.0 Å². The first-order valence-corrected chi connectivity index (χ1v) is 11.0. The summed E-state index contributed by atoms with van der Waals surface area (Å²) in [4.78, 5) is 25.9. The number of hydrogen-bond donors (Lipinski definition) is 0. The number of aryl methyl sites for hydroxylation is 2. The highest BCUT2D eigenvalue weighted by Crippen LogP contribution is 2.19. The summed E-state index contributed by atoms with van der Waals surface area (Å²) in [6.07, 6.45) is -0.821. The molecule has 4 aromatic rings. The fourth-order valence-corrected chi connectivity index (χ4v) is 3.86. The Labute approximate surface area is 193 Å². The van der Waals surface area contributed by atoms with E-state index in [4.69, 9.17) is 9.47 Å². The zero-order valence-electron chi connectivity index (χ0n) is 18.8. The Balaban J connectivity index is 1.55. The number of ether oxygens (including phenoxy) is 2. The lowest BCUT2D eigenvalue weighted by molar-refractivity contribution is -0.155. The lowest BCUT2D eigenvalue weighted by Crippen LogP contribution is -2.31. The van der Waals surface area contributed by atoms with Gasteiger partial charge < -0.3 is 9.47 Å². The molecular weight excluding hydrogens is 412 g/mol. The molecule has 4 aromatic carbocycles. The third-order valence-corrected chi connectivity index (χ3v) is 5.43. The number of carbonyl (C=O) groups is 2. The van der Waals surface area contributed by atoms with E-state index in [1.807, 2.05) is 92.7 Å². The molecule has 0 aliphatic carbocycles. The molecule has 33 heavy (non-hydrogen) atoms. The van der Waals surface area contributed by atoms with Gasteiger partial charge in [-0.1, -0.05) is 90.0 Å². The van der Waals surface area contributed by atoms with E-state index < -0.39 is 18.0 Å². The Morgan fingerprint density at radius 3 is 2.12 bits per heavy atom. The molecule has 0 aliphatic rings. The zero-order valence-corrected chi connectivity index (χ0v) is 18.8. The summed E-state index contributed by atoms with van der Waals surface area (Å²) in [6, 6.07) is 28.9. The van der Waals surface area contributed by atoms with Gasteiger partial charge in [-0.25, -0.2) is 9.59 Å². The van der Waals surface area contributed by atoms with Crippen molar-refractivity contribution in [2.24, 2.45) is 0 Å². The van der Waals surface area contributed by atoms with Crippen LogP contribution in [0.3, 0.4) is 0 Å². The van der Waals surface area contributed by atoms with Gasteiger partial charge in [-0.05, 0) is 47.9 Å². The monoisotopic (exact) mass is 438 g/mol. The quantitative estimate of drug-likeness (QED) is 0.334. The summed E-state index contributed by atoms with van der Waals surface area (Å²) in [7, 11) is 0. The van der Waals surface area contributed by atoms with Crippen LogP contribution < -0.4 is 0 Å². The van der Waals surface area contributed by atoms with Crippen LogP contribution >= 0.6 is 0 Å². The van der Waals surface area contributed by atoms with Crippen molar-refractivity contribution in [3.63, 3.8) is 0 Å². The molecule has 4 nitrogen and oxygen atoms in total. The third-order valence-electron chi connectivity index (χ3n) is 5.43. The molecule has 0 bridgehead atoms. The van der Waals surface area contributed by atoms with Crippen LogP contribution in [-0.2, 0) is 27.3 Å². The first kappa shape index (κ1) is 22.3. The van der Waals surface area contributed by atoms with E-state index in [-0.39, 0.29) is 13.0 Å². The fraction of sp³-hybridized carbons (Fsp3) is 0.172. The Hall–Kier alpha value is -3.92. The highest BCUT2D eigenvalue weighted by molar-refractivity contribution is 5.92. The molecule has 0 aromatic heterocycles. The van der Waals surface area contributed by atoms with Crippen LogP contribution in [0.5, 0.6) is 0 Å². The molecule has 0 saturated carbocycles. The minimum Gasteiger partial charge on any atom is -0.458 e. The van der Waals surface area contributed by atoms with Crippen molar-refractivity contribution in [2.75, 3.05) is 0 Å². The first-order chi connectivity index (χ1) is 16.0. The Morgan fingerprint density at radius 2 is 1.39 bits per heavy atom. The highest BCUT2D eigenvalue weighted by atomic mass is 16.6. The molecule has 0 spiro atoms. The summed E-state index contributed by atoms with van der Waals surface area (Å²) >= 11 is 0. The number of benzene rings is 4. The third kappa shape index (κ3) is 5.86. The standard InChI is InChI=1S/C29H26O4/c1-20-14-21(2)16-26(15-20)28(30)33-27(29(31)32-19-22-8-4-3-5-9-22)18-23-12-13-24-10-6-7-11-25(24)17-23/h3-17,27H,18-19H2,1-2H3/t27-/m1/s1. The van der Waals surface area contributed by atoms with Crippen LogP contribution in [0.2, 0.25) is 0 Å². The van der Waals surface area contributed by atoms with Crippen molar-refractivity contribution in [3.8, 4) is 0 Å². The lowest BCUT2D eigenvalue weighted by Gasteiger charge is -2.18. The number of carbonyl (C=O) groups excluding carboxylic acids is 2. The van der Waals surface area contributed by atoms with E-state index in [9.17, 15) is 9.59 Å². The van der Waals surface area contributed by atoms with E-state index in [0.717, 1.165) is 33.0 Å². The average molecular weight is 439 g/mol. The van der Waals surface area contributed by atoms with Gasteiger partial charge in [0.05, 0.1) is 5.56 Å². The van der Waals surface area contributed by atoms with Crippen LogP contribution in [0.1, 0.15) is 32.6 Å². The molecule has 0 radical (unpaired) electrons. The van der Waals surface area contributed by atoms with Crippen molar-refractivity contribution in [2.45, 2.75) is 33.0 Å². The minimum absolute atomic E-state index is 0.120. The SMILES string of the molecule is Cc1cc(C)cc(C(=O)O[C@H](Cc2ccc3ccccc3c2)C(=O)OCc2ccccc2)c1. The summed E-state index contributed by atoms with van der Waals surface area (Å²) in [5, 5.41) is 2.17. The summed E-state index contributed by atoms with van der Waals surface area (Å²) in [6.45, 7) is 3.96. The molecule has 0 aliphatic heterocycles. The molecule has 4 heteroatoms. The zero-order chi connectivity index (χ0) is 23.2. The molecule has 0 saturated heterocycles. The van der Waals surface area contributed by atoms with E-state index in [2.05, 4.69) is 0 Å². The average Bonchev–Trinajstić information content (AvgIpc) is 2.82. The Morgan fingerprint density at radius 1 is 0.727 bits per heavy atom. The molecule has 1 atom stereocenters. The van der Waals surface area contributed by atoms with Crippen LogP contribution in [-0.4, -0.2) is 18.0 Å². The predicted molar refractivity (Wildman–Crippen MR) is 129 cm³/mol. The molecule has 166 valence electrons. The van der Waals surface area contributed by atoms with Gasteiger partial charge in [-0.3, -0.25) is 0 Å². The summed E-state index contributed by atoms with van der Waals surface area (Å²) in [5.41, 5.74) is 4.10. The second-order valence-corrected chi connectivity index (χ2v) is 8.25. The van der Waals surface area contributed by atoms with Gasteiger partial charge >= 0.3 is 11.9 Å². The van der Waals surface area contributed by atoms with Crippen molar-refractivity contribution < 1.29 is 19.1 Å². The van der Waals surface area contributed by atoms with Gasteiger partial charge in [-0.15, -0.1) is 0 Å². The predicted octanol–water partition coefficient (Wildman–Crippen LogP) is 5.97. The first-order valence-electron chi connectivity index (χ1n) is 11.0. The van der Waals surface area contributed by atoms with Gasteiger partial charge in [0.25, 0.3) is 0 Å². The van der Waals surface area contributed by atoms with Crippen LogP contribution in [0.25, 0.3) is 10.8 Å². The number of esters is 2. The highest BCUT2D eigenvalue weighted by Gasteiger charge is 2.26. The molecule has 0 heterocycles. The maximum atomic E-state index is 13.0. The normalized spacial score (nSPS) is 11.7. The topological polar surface area (TPSA) is 52.6 Å². The molecule has 0 N–H and O–H groups in total. The molecule has 0 fully saturated rings. The second-order valence-electron chi connectivity index (χ2n) is 8.25. The minimum atomic E-state index is -1.05. The lowest BCUT2D eigenvalue weighted by atomic mass is 10.0. The number of fused-ring (bicyclic) bond motifs is 1. The van der Waals surface area contributed by atoms with Crippen LogP contribution in [0, 0.1) is 13.8 Å². The Bertz CT molecular complexity index is 1260. The molecular formula is C29H26O4. The molecule has 4 rings (SSSR count). The maximum absolute atomic E-state index is 13.0. The number of hydrogen-bond acceptors (Lipinski definition) is 4. The van der Waals surface area contributed by atoms with Crippen molar-refractivity contribution in [1.82, 2.24) is 0 Å². The van der Waals surface area contributed by atoms with E-state index in [0.29, 0.717) is 5.56 Å². The van der Waals surface area contributed by atoms with E-state index in [1.54, 1.807) is 12.1 Å². The van der Waals surface area contributed by atoms with E-state index in [1.165, 1.54) is 0 Å². The van der Waals surface area contributed by atoms with E-state index >= 15 is 0 Å². The van der Waals surface area contributed by atoms with Gasteiger partial charge in [0.1, 0.15) is 6.61 Å². The van der Waals surface area contributed by atoms with Crippen molar-refractivity contribution in [3.05, 3.63) is 119 Å². The van der Waals surface area contributed by atoms with Gasteiger partial charge in [0.15, 0.2) is 0 Å². The van der Waals surface area contributed by atoms with Crippen molar-refractivity contribution in [1.29, 1.82) is 0 Å². The van der Waals surface area contributed by atoms with Crippen molar-refractivity contribution >= 4 is 22.7 Å². The van der Waals surface area contributed by atoms with Crippen LogP contribution in [0.4, 0.5) is 0 Å².